The van der Waals surface area contributed by atoms with Gasteiger partial charge in [-0.2, -0.15) is 0 Å². The summed E-state index contributed by atoms with van der Waals surface area (Å²) in [6, 6.07) is 12.7. The number of carbonyl (C=O) groups excluding carboxylic acids is 1. The molecule has 2 aromatic carbocycles. The van der Waals surface area contributed by atoms with Crippen molar-refractivity contribution in [1.29, 1.82) is 0 Å². The van der Waals surface area contributed by atoms with Crippen LogP contribution in [0.2, 0.25) is 15.1 Å². The van der Waals surface area contributed by atoms with E-state index in [1.165, 1.54) is 0 Å². The molecule has 3 rings (SSSR count). The van der Waals surface area contributed by atoms with Gasteiger partial charge in [-0.3, -0.25) is 9.69 Å². The van der Waals surface area contributed by atoms with Crippen LogP contribution in [-0.2, 0) is 11.2 Å². The molecule has 1 amide bonds. The van der Waals surface area contributed by atoms with Gasteiger partial charge in [0.2, 0.25) is 5.91 Å². The highest BCUT2D eigenvalue weighted by Gasteiger charge is 2.20. The largest absolute Gasteiger partial charge is 0.493 e. The van der Waals surface area contributed by atoms with Crippen molar-refractivity contribution < 1.29 is 9.53 Å². The summed E-state index contributed by atoms with van der Waals surface area (Å²) in [7, 11) is 0. The zero-order valence-electron chi connectivity index (χ0n) is 15.5. The quantitative estimate of drug-likeness (QED) is 0.578. The van der Waals surface area contributed by atoms with E-state index >= 15 is 0 Å². The van der Waals surface area contributed by atoms with Crippen molar-refractivity contribution in [3.05, 3.63) is 63.1 Å². The van der Waals surface area contributed by atoms with E-state index in [0.29, 0.717) is 28.1 Å². The van der Waals surface area contributed by atoms with Crippen molar-refractivity contribution in [2.75, 3.05) is 39.3 Å². The van der Waals surface area contributed by atoms with Crippen molar-refractivity contribution in [2.45, 2.75) is 12.8 Å². The molecule has 0 aromatic heterocycles. The normalized spacial score (nSPS) is 14.9. The van der Waals surface area contributed by atoms with Crippen molar-refractivity contribution >= 4 is 40.7 Å². The minimum atomic E-state index is 0.171. The predicted molar refractivity (Wildman–Crippen MR) is 115 cm³/mol. The van der Waals surface area contributed by atoms with Crippen LogP contribution in [0.25, 0.3) is 0 Å². The summed E-state index contributed by atoms with van der Waals surface area (Å²) in [5.74, 6) is 0.900. The molecule has 1 saturated heterocycles. The first-order valence-electron chi connectivity index (χ1n) is 9.34. The molecule has 0 bridgehead atoms. The van der Waals surface area contributed by atoms with Crippen LogP contribution >= 0.6 is 34.8 Å². The van der Waals surface area contributed by atoms with E-state index in [1.807, 2.05) is 35.2 Å². The highest BCUT2D eigenvalue weighted by molar-refractivity contribution is 6.42. The SMILES string of the molecule is O=C(Cc1ccc(Cl)cc1)N1CCN(CCCOc2ccc(Cl)c(Cl)c2)CC1. The van der Waals surface area contributed by atoms with Crippen LogP contribution in [0, 0.1) is 0 Å². The number of halogens is 3. The van der Waals surface area contributed by atoms with Crippen LogP contribution < -0.4 is 4.74 Å². The van der Waals surface area contributed by atoms with Gasteiger partial charge in [0, 0.05) is 43.8 Å². The molecule has 1 aliphatic heterocycles. The summed E-state index contributed by atoms with van der Waals surface area (Å²) >= 11 is 17.8. The first kappa shape index (κ1) is 21.3. The molecule has 28 heavy (non-hydrogen) atoms. The first-order chi connectivity index (χ1) is 13.5. The fourth-order valence-electron chi connectivity index (χ4n) is 3.15. The molecule has 150 valence electrons. The average Bonchev–Trinajstić information content (AvgIpc) is 2.70. The second-order valence-electron chi connectivity index (χ2n) is 6.80. The van der Waals surface area contributed by atoms with E-state index < -0.39 is 0 Å². The Morgan fingerprint density at radius 1 is 0.929 bits per heavy atom. The number of hydrogen-bond donors (Lipinski definition) is 0. The minimum absolute atomic E-state index is 0.171. The Kier molecular flexibility index (Phi) is 7.86. The average molecular weight is 442 g/mol. The molecule has 0 N–H and O–H groups in total. The van der Waals surface area contributed by atoms with Crippen LogP contribution in [0.15, 0.2) is 42.5 Å². The van der Waals surface area contributed by atoms with Gasteiger partial charge in [0.05, 0.1) is 23.1 Å². The standard InChI is InChI=1S/C21H23Cl3N2O2/c22-17-4-2-16(3-5-17)14-21(27)26-11-9-25(10-12-26)8-1-13-28-18-6-7-19(23)20(24)15-18/h2-7,15H,1,8-14H2. The van der Waals surface area contributed by atoms with Crippen LogP contribution in [0.3, 0.4) is 0 Å². The molecule has 0 aliphatic carbocycles. The van der Waals surface area contributed by atoms with Crippen LogP contribution in [-0.4, -0.2) is 55.0 Å². The molecule has 0 spiro atoms. The number of carbonyl (C=O) groups is 1. The third kappa shape index (κ3) is 6.28. The van der Waals surface area contributed by atoms with E-state index in [9.17, 15) is 4.79 Å². The topological polar surface area (TPSA) is 32.8 Å². The molecule has 0 radical (unpaired) electrons. The third-order valence-electron chi connectivity index (χ3n) is 4.77. The first-order valence-corrected chi connectivity index (χ1v) is 10.5. The maximum absolute atomic E-state index is 12.5. The summed E-state index contributed by atoms with van der Waals surface area (Å²) in [5.41, 5.74) is 0.997. The lowest BCUT2D eigenvalue weighted by Crippen LogP contribution is -2.49. The lowest BCUT2D eigenvalue weighted by molar-refractivity contribution is -0.132. The molecule has 0 unspecified atom stereocenters. The van der Waals surface area contributed by atoms with Gasteiger partial charge in [0.15, 0.2) is 0 Å². The van der Waals surface area contributed by atoms with Gasteiger partial charge in [0.25, 0.3) is 0 Å². The molecule has 7 heteroatoms. The van der Waals surface area contributed by atoms with E-state index in [4.69, 9.17) is 39.5 Å². The fourth-order valence-corrected chi connectivity index (χ4v) is 3.57. The maximum Gasteiger partial charge on any atom is 0.227 e. The summed E-state index contributed by atoms with van der Waals surface area (Å²) in [6.07, 6.45) is 1.34. The molecule has 2 aromatic rings. The smallest absolute Gasteiger partial charge is 0.227 e. The molecule has 1 aliphatic rings. The molecule has 0 saturated carbocycles. The number of amides is 1. The Morgan fingerprint density at radius 3 is 2.32 bits per heavy atom. The number of nitrogens with zero attached hydrogens (tertiary/aromatic N) is 2. The number of rotatable bonds is 7. The van der Waals surface area contributed by atoms with E-state index in [0.717, 1.165) is 50.5 Å². The zero-order chi connectivity index (χ0) is 19.9. The van der Waals surface area contributed by atoms with Crippen LogP contribution in [0.5, 0.6) is 5.75 Å². The van der Waals surface area contributed by atoms with Crippen molar-refractivity contribution in [2.24, 2.45) is 0 Å². The Morgan fingerprint density at radius 2 is 1.64 bits per heavy atom. The van der Waals surface area contributed by atoms with Crippen LogP contribution in [0.4, 0.5) is 0 Å². The highest BCUT2D eigenvalue weighted by atomic mass is 35.5. The van der Waals surface area contributed by atoms with Crippen molar-refractivity contribution in [3.8, 4) is 5.75 Å². The van der Waals surface area contributed by atoms with Gasteiger partial charge in [0.1, 0.15) is 5.75 Å². The Balaban J connectivity index is 1.34. The Hall–Kier alpha value is -1.46. The molecule has 4 nitrogen and oxygen atoms in total. The van der Waals surface area contributed by atoms with Gasteiger partial charge in [-0.1, -0.05) is 46.9 Å². The number of benzene rings is 2. The molecule has 1 fully saturated rings. The van der Waals surface area contributed by atoms with Crippen molar-refractivity contribution in [1.82, 2.24) is 9.80 Å². The second-order valence-corrected chi connectivity index (χ2v) is 8.05. The summed E-state index contributed by atoms with van der Waals surface area (Å²) in [4.78, 5) is 16.8. The van der Waals surface area contributed by atoms with Gasteiger partial charge >= 0.3 is 0 Å². The molecular weight excluding hydrogens is 419 g/mol. The molecule has 1 heterocycles. The maximum atomic E-state index is 12.5. The van der Waals surface area contributed by atoms with Gasteiger partial charge in [-0.05, 0) is 36.2 Å². The summed E-state index contributed by atoms with van der Waals surface area (Å²) in [5, 5.41) is 1.71. The molecule has 0 atom stereocenters. The lowest BCUT2D eigenvalue weighted by atomic mass is 10.1. The van der Waals surface area contributed by atoms with E-state index in [1.54, 1.807) is 12.1 Å². The summed E-state index contributed by atoms with van der Waals surface area (Å²) in [6.45, 7) is 4.87. The molecular formula is C21H23Cl3N2O2. The number of ether oxygens (including phenoxy) is 1. The van der Waals surface area contributed by atoms with E-state index in [2.05, 4.69) is 4.90 Å². The second kappa shape index (κ2) is 10.4. The Bertz CT molecular complexity index is 791. The number of hydrogen-bond acceptors (Lipinski definition) is 3. The lowest BCUT2D eigenvalue weighted by Gasteiger charge is -2.34. The zero-order valence-corrected chi connectivity index (χ0v) is 17.8. The van der Waals surface area contributed by atoms with Crippen molar-refractivity contribution in [3.63, 3.8) is 0 Å². The van der Waals surface area contributed by atoms with Gasteiger partial charge < -0.3 is 9.64 Å². The number of piperazine rings is 1. The fraction of sp³-hybridized carbons (Fsp3) is 0.381. The third-order valence-corrected chi connectivity index (χ3v) is 5.76. The van der Waals surface area contributed by atoms with Gasteiger partial charge in [-0.25, -0.2) is 0 Å². The van der Waals surface area contributed by atoms with Crippen LogP contribution in [0.1, 0.15) is 12.0 Å². The monoisotopic (exact) mass is 440 g/mol. The summed E-state index contributed by atoms with van der Waals surface area (Å²) < 4.78 is 5.72. The highest BCUT2D eigenvalue weighted by Crippen LogP contribution is 2.26. The minimum Gasteiger partial charge on any atom is -0.493 e. The van der Waals surface area contributed by atoms with Gasteiger partial charge in [-0.15, -0.1) is 0 Å². The Labute approximate surface area is 180 Å². The predicted octanol–water partition coefficient (Wildman–Crippen LogP) is 4.80. The van der Waals surface area contributed by atoms with E-state index in [-0.39, 0.29) is 5.91 Å².